The molecule has 0 bridgehead atoms. The summed E-state index contributed by atoms with van der Waals surface area (Å²) in [6.07, 6.45) is 0.704. The standard InChI is InChI=1S/C11H14F2N2O2/c1-15(14)11(16)3-2-6-17-8-4-5-9(12)10(13)7-8/h4-5,7H,2-3,6,14H2,1H3. The molecule has 1 rings (SSSR count). The average molecular weight is 244 g/mol. The predicted octanol–water partition coefficient (Wildman–Crippen LogP) is 1.46. The lowest BCUT2D eigenvalue weighted by Gasteiger charge is -2.10. The second-order valence-electron chi connectivity index (χ2n) is 3.53. The molecule has 0 aliphatic rings. The Bertz CT molecular complexity index is 397. The molecule has 0 saturated heterocycles. The van der Waals surface area contributed by atoms with Gasteiger partial charge in [0, 0.05) is 19.5 Å². The Labute approximate surface area is 97.9 Å². The molecule has 0 fully saturated rings. The third-order valence-electron chi connectivity index (χ3n) is 2.09. The molecule has 17 heavy (non-hydrogen) atoms. The van der Waals surface area contributed by atoms with Gasteiger partial charge in [0.2, 0.25) is 5.91 Å². The van der Waals surface area contributed by atoms with Gasteiger partial charge in [-0.25, -0.2) is 14.6 Å². The fraction of sp³-hybridized carbons (Fsp3) is 0.364. The molecule has 1 aromatic carbocycles. The van der Waals surface area contributed by atoms with Gasteiger partial charge in [0.25, 0.3) is 0 Å². The first-order valence-corrected chi connectivity index (χ1v) is 5.10. The number of hydrogen-bond acceptors (Lipinski definition) is 3. The quantitative estimate of drug-likeness (QED) is 0.369. The highest BCUT2D eigenvalue weighted by atomic mass is 19.2. The van der Waals surface area contributed by atoms with Gasteiger partial charge in [0.1, 0.15) is 5.75 Å². The fourth-order valence-electron chi connectivity index (χ4n) is 1.16. The number of rotatable bonds is 5. The van der Waals surface area contributed by atoms with E-state index >= 15 is 0 Å². The molecule has 0 radical (unpaired) electrons. The number of benzene rings is 1. The summed E-state index contributed by atoms with van der Waals surface area (Å²) in [5.74, 6) is 3.36. The van der Waals surface area contributed by atoms with Crippen LogP contribution in [0.5, 0.6) is 5.75 Å². The van der Waals surface area contributed by atoms with Gasteiger partial charge >= 0.3 is 0 Å². The van der Waals surface area contributed by atoms with Crippen LogP contribution in [0.4, 0.5) is 8.78 Å². The number of carbonyl (C=O) groups is 1. The number of nitrogens with two attached hydrogens (primary N) is 1. The van der Waals surface area contributed by atoms with Crippen LogP contribution in [0.1, 0.15) is 12.8 Å². The highest BCUT2D eigenvalue weighted by Crippen LogP contribution is 2.15. The number of hydrogen-bond donors (Lipinski definition) is 1. The largest absolute Gasteiger partial charge is 0.493 e. The second kappa shape index (κ2) is 6.15. The summed E-state index contributed by atoms with van der Waals surface area (Å²) >= 11 is 0. The number of halogens is 2. The van der Waals surface area contributed by atoms with E-state index in [1.807, 2.05) is 0 Å². The lowest BCUT2D eigenvalue weighted by atomic mass is 10.3. The summed E-state index contributed by atoms with van der Waals surface area (Å²) in [4.78, 5) is 11.1. The van der Waals surface area contributed by atoms with Crippen molar-refractivity contribution in [2.75, 3.05) is 13.7 Å². The monoisotopic (exact) mass is 244 g/mol. The topological polar surface area (TPSA) is 55.6 Å². The molecule has 2 N–H and O–H groups in total. The first kappa shape index (κ1) is 13.4. The van der Waals surface area contributed by atoms with Crippen molar-refractivity contribution in [1.29, 1.82) is 0 Å². The Balaban J connectivity index is 2.31. The van der Waals surface area contributed by atoms with Crippen LogP contribution in [0.15, 0.2) is 18.2 Å². The van der Waals surface area contributed by atoms with E-state index in [9.17, 15) is 13.6 Å². The van der Waals surface area contributed by atoms with E-state index in [2.05, 4.69) is 0 Å². The summed E-state index contributed by atoms with van der Waals surface area (Å²) in [5, 5.41) is 0.998. The van der Waals surface area contributed by atoms with Crippen LogP contribution in [0.3, 0.4) is 0 Å². The lowest BCUT2D eigenvalue weighted by Crippen LogP contribution is -2.33. The van der Waals surface area contributed by atoms with Crippen molar-refractivity contribution in [2.45, 2.75) is 12.8 Å². The molecule has 0 aliphatic heterocycles. The predicted molar refractivity (Wildman–Crippen MR) is 58.0 cm³/mol. The van der Waals surface area contributed by atoms with Crippen molar-refractivity contribution in [1.82, 2.24) is 5.01 Å². The highest BCUT2D eigenvalue weighted by Gasteiger charge is 2.05. The van der Waals surface area contributed by atoms with E-state index < -0.39 is 11.6 Å². The Morgan fingerprint density at radius 3 is 2.71 bits per heavy atom. The fourth-order valence-corrected chi connectivity index (χ4v) is 1.16. The number of carbonyl (C=O) groups excluding carboxylic acids is 1. The second-order valence-corrected chi connectivity index (χ2v) is 3.53. The highest BCUT2D eigenvalue weighted by molar-refractivity contribution is 5.75. The molecule has 0 spiro atoms. The van der Waals surface area contributed by atoms with Crippen LogP contribution in [-0.2, 0) is 4.79 Å². The lowest BCUT2D eigenvalue weighted by molar-refractivity contribution is -0.130. The van der Waals surface area contributed by atoms with Crippen molar-refractivity contribution >= 4 is 5.91 Å². The minimum atomic E-state index is -0.958. The SMILES string of the molecule is CN(N)C(=O)CCCOc1ccc(F)c(F)c1. The van der Waals surface area contributed by atoms with Gasteiger partial charge in [-0.05, 0) is 18.6 Å². The molecule has 1 aromatic rings. The van der Waals surface area contributed by atoms with Gasteiger partial charge in [-0.15, -0.1) is 0 Å². The Morgan fingerprint density at radius 2 is 2.12 bits per heavy atom. The van der Waals surface area contributed by atoms with Gasteiger partial charge in [-0.2, -0.15) is 0 Å². The number of amides is 1. The Hall–Kier alpha value is -1.69. The zero-order valence-electron chi connectivity index (χ0n) is 9.45. The summed E-state index contributed by atoms with van der Waals surface area (Å²) in [6, 6.07) is 3.28. The van der Waals surface area contributed by atoms with Gasteiger partial charge in [0.15, 0.2) is 11.6 Å². The molecule has 0 atom stereocenters. The minimum absolute atomic E-state index is 0.209. The van der Waals surface area contributed by atoms with Gasteiger partial charge < -0.3 is 4.74 Å². The van der Waals surface area contributed by atoms with Crippen LogP contribution >= 0.6 is 0 Å². The van der Waals surface area contributed by atoms with E-state index in [1.165, 1.54) is 13.1 Å². The van der Waals surface area contributed by atoms with Gasteiger partial charge in [0.05, 0.1) is 6.61 Å². The van der Waals surface area contributed by atoms with E-state index in [0.717, 1.165) is 17.1 Å². The molecule has 0 heterocycles. The smallest absolute Gasteiger partial charge is 0.236 e. The van der Waals surface area contributed by atoms with Crippen molar-refractivity contribution < 1.29 is 18.3 Å². The number of nitrogens with zero attached hydrogens (tertiary/aromatic N) is 1. The first-order valence-electron chi connectivity index (χ1n) is 5.10. The van der Waals surface area contributed by atoms with E-state index in [4.69, 9.17) is 10.6 Å². The number of hydrazine groups is 1. The molecule has 0 aromatic heterocycles. The van der Waals surface area contributed by atoms with Crippen LogP contribution in [0.2, 0.25) is 0 Å². The van der Waals surface area contributed by atoms with Gasteiger partial charge in [-0.3, -0.25) is 9.80 Å². The van der Waals surface area contributed by atoms with E-state index in [1.54, 1.807) is 0 Å². The molecule has 4 nitrogen and oxygen atoms in total. The van der Waals surface area contributed by atoms with Crippen molar-refractivity contribution in [3.05, 3.63) is 29.8 Å². The van der Waals surface area contributed by atoms with Crippen LogP contribution in [0.25, 0.3) is 0 Å². The molecule has 0 aliphatic carbocycles. The Morgan fingerprint density at radius 1 is 1.41 bits per heavy atom. The molecule has 94 valence electrons. The molecule has 0 unspecified atom stereocenters. The van der Waals surface area contributed by atoms with Crippen LogP contribution in [0, 0.1) is 11.6 Å². The van der Waals surface area contributed by atoms with Crippen LogP contribution in [-0.4, -0.2) is 24.6 Å². The maximum absolute atomic E-state index is 12.8. The summed E-state index contributed by atoms with van der Waals surface area (Å²) in [7, 11) is 1.46. The Kier molecular flexibility index (Phi) is 4.84. The first-order chi connectivity index (χ1) is 8.00. The van der Waals surface area contributed by atoms with Crippen molar-refractivity contribution in [3.8, 4) is 5.75 Å². The molecule has 6 heteroatoms. The van der Waals surface area contributed by atoms with E-state index in [0.29, 0.717) is 6.42 Å². The summed E-state index contributed by atoms with van der Waals surface area (Å²) in [5.41, 5.74) is 0. The maximum Gasteiger partial charge on any atom is 0.236 e. The summed E-state index contributed by atoms with van der Waals surface area (Å²) < 4.78 is 30.5. The number of ether oxygens (including phenoxy) is 1. The molecule has 1 amide bonds. The van der Waals surface area contributed by atoms with Gasteiger partial charge in [-0.1, -0.05) is 0 Å². The summed E-state index contributed by atoms with van der Waals surface area (Å²) in [6.45, 7) is 0.241. The third kappa shape index (κ3) is 4.36. The van der Waals surface area contributed by atoms with Crippen molar-refractivity contribution in [2.24, 2.45) is 5.84 Å². The maximum atomic E-state index is 12.8. The van der Waals surface area contributed by atoms with E-state index in [-0.39, 0.29) is 24.7 Å². The molecular weight excluding hydrogens is 230 g/mol. The zero-order chi connectivity index (χ0) is 12.8. The van der Waals surface area contributed by atoms with Crippen molar-refractivity contribution in [3.63, 3.8) is 0 Å². The average Bonchev–Trinajstić information content (AvgIpc) is 2.28. The molecule has 0 saturated carbocycles. The third-order valence-corrected chi connectivity index (χ3v) is 2.09. The normalized spacial score (nSPS) is 10.1. The van der Waals surface area contributed by atoms with Crippen LogP contribution < -0.4 is 10.6 Å². The minimum Gasteiger partial charge on any atom is -0.493 e. The molecular formula is C11H14F2N2O2. The zero-order valence-corrected chi connectivity index (χ0v) is 9.45.